The Morgan fingerprint density at radius 1 is 1.11 bits per heavy atom. The SMILES string of the molecule is Cc1cc2nnc(-c3cc(N)c(F)cc3F)n2cn1. The molecule has 0 atom stereocenters. The molecule has 2 N–H and O–H groups in total. The second-order valence-electron chi connectivity index (χ2n) is 4.14. The maximum Gasteiger partial charge on any atom is 0.172 e. The molecule has 0 amide bonds. The third-order valence-corrected chi connectivity index (χ3v) is 2.76. The van der Waals surface area contributed by atoms with Crippen molar-refractivity contribution < 1.29 is 8.78 Å². The highest BCUT2D eigenvalue weighted by Gasteiger charge is 2.15. The summed E-state index contributed by atoms with van der Waals surface area (Å²) in [6.07, 6.45) is 1.49. The van der Waals surface area contributed by atoms with Gasteiger partial charge in [0.25, 0.3) is 0 Å². The van der Waals surface area contributed by atoms with Crippen LogP contribution in [0.2, 0.25) is 0 Å². The number of fused-ring (bicyclic) bond motifs is 1. The number of benzene rings is 1. The van der Waals surface area contributed by atoms with Crippen LogP contribution in [0.5, 0.6) is 0 Å². The van der Waals surface area contributed by atoms with Gasteiger partial charge in [0.15, 0.2) is 11.5 Å². The van der Waals surface area contributed by atoms with Crippen LogP contribution < -0.4 is 5.73 Å². The number of halogens is 2. The zero-order valence-corrected chi connectivity index (χ0v) is 9.93. The van der Waals surface area contributed by atoms with E-state index < -0.39 is 11.6 Å². The maximum absolute atomic E-state index is 13.8. The first kappa shape index (κ1) is 11.5. The largest absolute Gasteiger partial charge is 0.396 e. The molecular formula is C12H9F2N5. The second kappa shape index (κ2) is 3.98. The van der Waals surface area contributed by atoms with Crippen LogP contribution in [0.25, 0.3) is 17.0 Å². The first-order valence-electron chi connectivity index (χ1n) is 5.48. The molecule has 0 fully saturated rings. The Morgan fingerprint density at radius 2 is 1.89 bits per heavy atom. The standard InChI is InChI=1S/C12H9F2N5/c1-6-2-11-17-18-12(19(11)5-16-6)7-3-10(15)9(14)4-8(7)13/h2-5H,15H2,1H3. The quantitative estimate of drug-likeness (QED) is 0.680. The van der Waals surface area contributed by atoms with Crippen LogP contribution in [0.1, 0.15) is 5.69 Å². The van der Waals surface area contributed by atoms with E-state index in [1.165, 1.54) is 16.8 Å². The molecular weight excluding hydrogens is 252 g/mol. The molecule has 0 aliphatic rings. The summed E-state index contributed by atoms with van der Waals surface area (Å²) in [6.45, 7) is 1.81. The number of nitrogens with zero attached hydrogens (tertiary/aromatic N) is 4. The first-order chi connectivity index (χ1) is 9.06. The molecule has 0 aliphatic heterocycles. The summed E-state index contributed by atoms with van der Waals surface area (Å²) in [7, 11) is 0. The van der Waals surface area contributed by atoms with Crippen molar-refractivity contribution in [2.24, 2.45) is 0 Å². The summed E-state index contributed by atoms with van der Waals surface area (Å²) in [6, 6.07) is 3.63. The average molecular weight is 261 g/mol. The highest BCUT2D eigenvalue weighted by atomic mass is 19.1. The number of nitrogens with two attached hydrogens (primary N) is 1. The second-order valence-corrected chi connectivity index (χ2v) is 4.14. The van der Waals surface area contributed by atoms with E-state index in [4.69, 9.17) is 5.73 Å². The summed E-state index contributed by atoms with van der Waals surface area (Å²) in [5.74, 6) is -1.32. The van der Waals surface area contributed by atoms with Crippen LogP contribution in [0.4, 0.5) is 14.5 Å². The zero-order chi connectivity index (χ0) is 13.6. The van der Waals surface area contributed by atoms with E-state index in [-0.39, 0.29) is 17.1 Å². The first-order valence-corrected chi connectivity index (χ1v) is 5.48. The summed E-state index contributed by atoms with van der Waals surface area (Å²) in [5.41, 5.74) is 6.69. The van der Waals surface area contributed by atoms with Crippen molar-refractivity contribution in [3.05, 3.63) is 41.9 Å². The van der Waals surface area contributed by atoms with Crippen LogP contribution in [0, 0.1) is 18.6 Å². The van der Waals surface area contributed by atoms with Gasteiger partial charge >= 0.3 is 0 Å². The van der Waals surface area contributed by atoms with E-state index in [1.807, 2.05) is 6.92 Å². The Balaban J connectivity index is 2.28. The van der Waals surface area contributed by atoms with Gasteiger partial charge in [-0.3, -0.25) is 4.40 Å². The fourth-order valence-electron chi connectivity index (χ4n) is 1.81. The Labute approximate surface area is 106 Å². The van der Waals surface area contributed by atoms with Crippen LogP contribution in [0.3, 0.4) is 0 Å². The van der Waals surface area contributed by atoms with Gasteiger partial charge in [-0.05, 0) is 13.0 Å². The molecule has 0 saturated carbocycles. The molecule has 0 spiro atoms. The van der Waals surface area contributed by atoms with Crippen LogP contribution >= 0.6 is 0 Å². The lowest BCUT2D eigenvalue weighted by molar-refractivity contribution is 0.587. The van der Waals surface area contributed by atoms with Gasteiger partial charge in [0.1, 0.15) is 18.0 Å². The molecule has 5 nitrogen and oxygen atoms in total. The molecule has 1 aromatic carbocycles. The smallest absolute Gasteiger partial charge is 0.172 e. The third kappa shape index (κ3) is 1.79. The molecule has 7 heteroatoms. The maximum atomic E-state index is 13.8. The molecule has 19 heavy (non-hydrogen) atoms. The van der Waals surface area contributed by atoms with Gasteiger partial charge in [0.05, 0.1) is 11.3 Å². The molecule has 0 aliphatic carbocycles. The number of rotatable bonds is 1. The van der Waals surface area contributed by atoms with Gasteiger partial charge in [-0.15, -0.1) is 10.2 Å². The van der Waals surface area contributed by atoms with Crippen molar-refractivity contribution in [2.75, 3.05) is 5.73 Å². The number of aromatic nitrogens is 4. The monoisotopic (exact) mass is 261 g/mol. The molecule has 0 saturated heterocycles. The summed E-state index contributed by atoms with van der Waals surface area (Å²) < 4.78 is 28.5. The minimum atomic E-state index is -0.802. The molecule has 0 unspecified atom stereocenters. The Morgan fingerprint density at radius 3 is 2.68 bits per heavy atom. The van der Waals surface area contributed by atoms with Crippen molar-refractivity contribution >= 4 is 11.3 Å². The van der Waals surface area contributed by atoms with Gasteiger partial charge in [0, 0.05) is 17.8 Å². The van der Waals surface area contributed by atoms with Crippen LogP contribution in [0.15, 0.2) is 24.5 Å². The number of hydrogen-bond donors (Lipinski definition) is 1. The fraction of sp³-hybridized carbons (Fsp3) is 0.0833. The number of anilines is 1. The lowest BCUT2D eigenvalue weighted by Crippen LogP contribution is -1.98. The Kier molecular flexibility index (Phi) is 2.41. The van der Waals surface area contributed by atoms with Crippen molar-refractivity contribution in [1.82, 2.24) is 19.6 Å². The van der Waals surface area contributed by atoms with Crippen LogP contribution in [-0.4, -0.2) is 19.6 Å². The molecule has 0 radical (unpaired) electrons. The predicted molar refractivity (Wildman–Crippen MR) is 65.3 cm³/mol. The fourth-order valence-corrected chi connectivity index (χ4v) is 1.81. The van der Waals surface area contributed by atoms with Gasteiger partial charge in [-0.1, -0.05) is 0 Å². The van der Waals surface area contributed by atoms with E-state index in [2.05, 4.69) is 15.2 Å². The van der Waals surface area contributed by atoms with Crippen LogP contribution in [-0.2, 0) is 0 Å². The highest BCUT2D eigenvalue weighted by Crippen LogP contribution is 2.25. The van der Waals surface area contributed by atoms with Gasteiger partial charge in [-0.25, -0.2) is 13.8 Å². The van der Waals surface area contributed by atoms with Crippen molar-refractivity contribution in [1.29, 1.82) is 0 Å². The highest BCUT2D eigenvalue weighted by molar-refractivity contribution is 5.64. The number of nitrogen functional groups attached to an aromatic ring is 1. The molecule has 3 aromatic rings. The van der Waals surface area contributed by atoms with E-state index in [0.717, 1.165) is 11.8 Å². The Bertz CT molecular complexity index is 781. The summed E-state index contributed by atoms with van der Waals surface area (Å²) >= 11 is 0. The van der Waals surface area contributed by atoms with E-state index in [1.54, 1.807) is 6.07 Å². The molecule has 2 heterocycles. The minimum absolute atomic E-state index is 0.0806. The summed E-state index contributed by atoms with van der Waals surface area (Å²) in [5, 5.41) is 7.81. The average Bonchev–Trinajstić information content (AvgIpc) is 2.76. The van der Waals surface area contributed by atoms with Crippen molar-refractivity contribution in [2.45, 2.75) is 6.92 Å². The Hall–Kier alpha value is -2.57. The summed E-state index contributed by atoms with van der Waals surface area (Å²) in [4.78, 5) is 4.09. The molecule has 3 rings (SSSR count). The lowest BCUT2D eigenvalue weighted by atomic mass is 10.1. The number of hydrogen-bond acceptors (Lipinski definition) is 4. The zero-order valence-electron chi connectivity index (χ0n) is 9.93. The predicted octanol–water partition coefficient (Wildman–Crippen LogP) is 1.96. The molecule has 96 valence electrons. The van der Waals surface area contributed by atoms with Gasteiger partial charge < -0.3 is 5.73 Å². The van der Waals surface area contributed by atoms with Gasteiger partial charge in [-0.2, -0.15) is 0 Å². The molecule has 0 bridgehead atoms. The van der Waals surface area contributed by atoms with E-state index >= 15 is 0 Å². The number of aryl methyl sites for hydroxylation is 1. The normalized spacial score (nSPS) is 11.1. The lowest BCUT2D eigenvalue weighted by Gasteiger charge is -2.04. The topological polar surface area (TPSA) is 69.1 Å². The minimum Gasteiger partial charge on any atom is -0.396 e. The molecule has 2 aromatic heterocycles. The van der Waals surface area contributed by atoms with Crippen molar-refractivity contribution in [3.8, 4) is 11.4 Å². The van der Waals surface area contributed by atoms with E-state index in [0.29, 0.717) is 5.65 Å². The van der Waals surface area contributed by atoms with Crippen molar-refractivity contribution in [3.63, 3.8) is 0 Å². The third-order valence-electron chi connectivity index (χ3n) is 2.76. The van der Waals surface area contributed by atoms with E-state index in [9.17, 15) is 8.78 Å². The van der Waals surface area contributed by atoms with Gasteiger partial charge in [0.2, 0.25) is 0 Å².